The molecule has 0 aliphatic carbocycles. The van der Waals surface area contributed by atoms with Gasteiger partial charge in [-0.1, -0.05) is 50.2 Å². The molecule has 1 saturated heterocycles. The van der Waals surface area contributed by atoms with Crippen molar-refractivity contribution < 1.29 is 37.0 Å². The molecule has 13 heteroatoms. The van der Waals surface area contributed by atoms with Crippen LogP contribution >= 0.6 is 0 Å². The fourth-order valence-electron chi connectivity index (χ4n) is 5.51. The van der Waals surface area contributed by atoms with Crippen molar-refractivity contribution in [2.75, 3.05) is 52.5 Å². The van der Waals surface area contributed by atoms with Crippen molar-refractivity contribution in [1.29, 1.82) is 0 Å². The summed E-state index contributed by atoms with van der Waals surface area (Å²) < 4.78 is 51.7. The SMILES string of the molecule is CC(C)[C@H]1NC(=O)[C@@H](Cc2cccc(C(F)(F)F)c2)NCCOc2ccccc2CCCNC(=O)[C@H](CN2CCOCC2)NC1=O. The van der Waals surface area contributed by atoms with Crippen LogP contribution in [-0.2, 0) is 38.1 Å². The number of aryl methyl sites for hydroxylation is 1. The molecular weight excluding hydrogens is 603 g/mol. The van der Waals surface area contributed by atoms with Crippen LogP contribution in [0.1, 0.15) is 37.0 Å². The number of ether oxygens (including phenoxy) is 2. The van der Waals surface area contributed by atoms with Crippen molar-refractivity contribution >= 4 is 17.7 Å². The van der Waals surface area contributed by atoms with Crippen LogP contribution in [0.3, 0.4) is 0 Å². The van der Waals surface area contributed by atoms with E-state index in [1.165, 1.54) is 12.1 Å². The number of nitrogens with one attached hydrogen (secondary N) is 4. The Bertz CT molecular complexity index is 1320. The lowest BCUT2D eigenvalue weighted by atomic mass is 9.99. The van der Waals surface area contributed by atoms with Gasteiger partial charge in [-0.05, 0) is 48.4 Å². The second-order valence-corrected chi connectivity index (χ2v) is 12.0. The molecule has 46 heavy (non-hydrogen) atoms. The minimum Gasteiger partial charge on any atom is -0.492 e. The Morgan fingerprint density at radius 2 is 1.65 bits per heavy atom. The summed E-state index contributed by atoms with van der Waals surface area (Å²) in [4.78, 5) is 42.8. The summed E-state index contributed by atoms with van der Waals surface area (Å²) in [7, 11) is 0. The first-order chi connectivity index (χ1) is 22.0. The number of morpholine rings is 1. The quantitative estimate of drug-likeness (QED) is 0.393. The standard InChI is InChI=1S/C33H44F3N5O5/c1-22(2)29-32(44)39-27(21-41-14-17-45-18-15-41)30(42)38-12-6-9-24-8-3-4-11-28(24)46-16-13-37-26(31(43)40-29)20-23-7-5-10-25(19-23)33(34,35)36/h3-5,7-8,10-11,19,22,26-27,29,37H,6,9,12-18,20-21H2,1-2H3,(H,38,42)(H,39,44)(H,40,43)/t26-,27+,29-/m1/s1. The van der Waals surface area contributed by atoms with Gasteiger partial charge in [0.15, 0.2) is 0 Å². The van der Waals surface area contributed by atoms with Gasteiger partial charge in [-0.25, -0.2) is 0 Å². The van der Waals surface area contributed by atoms with Gasteiger partial charge in [-0.15, -0.1) is 0 Å². The molecule has 4 N–H and O–H groups in total. The highest BCUT2D eigenvalue weighted by Gasteiger charge is 2.33. The van der Waals surface area contributed by atoms with E-state index in [-0.39, 0.29) is 37.9 Å². The summed E-state index contributed by atoms with van der Waals surface area (Å²) in [5.74, 6) is -1.08. The number of fused-ring (bicyclic) bond motifs is 1. The maximum absolute atomic E-state index is 13.7. The van der Waals surface area contributed by atoms with Crippen molar-refractivity contribution in [2.45, 2.75) is 57.4 Å². The zero-order chi connectivity index (χ0) is 33.1. The molecule has 0 saturated carbocycles. The predicted molar refractivity (Wildman–Crippen MR) is 166 cm³/mol. The topological polar surface area (TPSA) is 121 Å². The Morgan fingerprint density at radius 3 is 2.39 bits per heavy atom. The molecule has 3 atom stereocenters. The molecule has 3 amide bonds. The van der Waals surface area contributed by atoms with Gasteiger partial charge in [-0.3, -0.25) is 19.3 Å². The lowest BCUT2D eigenvalue weighted by molar-refractivity contribution is -0.137. The molecule has 2 aliphatic heterocycles. The summed E-state index contributed by atoms with van der Waals surface area (Å²) in [5.41, 5.74) is 0.451. The van der Waals surface area contributed by atoms with Gasteiger partial charge in [0.25, 0.3) is 0 Å². The molecule has 0 bridgehead atoms. The van der Waals surface area contributed by atoms with Crippen LogP contribution in [0.15, 0.2) is 48.5 Å². The molecule has 4 rings (SSSR count). The van der Waals surface area contributed by atoms with Crippen LogP contribution in [0.2, 0.25) is 0 Å². The van der Waals surface area contributed by atoms with Crippen molar-refractivity contribution in [1.82, 2.24) is 26.2 Å². The van der Waals surface area contributed by atoms with Crippen LogP contribution in [0.25, 0.3) is 0 Å². The Hall–Kier alpha value is -3.68. The fraction of sp³-hybridized carbons (Fsp3) is 0.545. The second kappa shape index (κ2) is 16.8. The number of alkyl halides is 3. The summed E-state index contributed by atoms with van der Waals surface area (Å²) in [5, 5.41) is 11.7. The average molecular weight is 648 g/mol. The first kappa shape index (κ1) is 35.2. The molecular formula is C33H44F3N5O5. The van der Waals surface area contributed by atoms with Gasteiger partial charge >= 0.3 is 6.18 Å². The van der Waals surface area contributed by atoms with Crippen LogP contribution in [-0.4, -0.2) is 93.3 Å². The zero-order valence-electron chi connectivity index (χ0n) is 26.3. The van der Waals surface area contributed by atoms with E-state index in [1.807, 2.05) is 29.2 Å². The maximum atomic E-state index is 13.7. The summed E-state index contributed by atoms with van der Waals surface area (Å²) in [6.07, 6.45) is -3.30. The average Bonchev–Trinajstić information content (AvgIpc) is 3.03. The molecule has 0 radical (unpaired) electrons. The van der Waals surface area contributed by atoms with Gasteiger partial charge in [0.1, 0.15) is 24.4 Å². The molecule has 0 unspecified atom stereocenters. The number of carbonyl (C=O) groups is 3. The van der Waals surface area contributed by atoms with E-state index in [4.69, 9.17) is 9.47 Å². The molecule has 252 valence electrons. The zero-order valence-corrected chi connectivity index (χ0v) is 26.3. The molecule has 2 aromatic rings. The van der Waals surface area contributed by atoms with Gasteiger partial charge in [0.05, 0.1) is 24.8 Å². The molecule has 2 heterocycles. The third kappa shape index (κ3) is 10.4. The van der Waals surface area contributed by atoms with E-state index in [1.54, 1.807) is 13.8 Å². The molecule has 0 spiro atoms. The molecule has 2 aromatic carbocycles. The number of benzene rings is 2. The van der Waals surface area contributed by atoms with Crippen molar-refractivity contribution in [3.63, 3.8) is 0 Å². The number of para-hydroxylation sites is 1. The second-order valence-electron chi connectivity index (χ2n) is 12.0. The smallest absolute Gasteiger partial charge is 0.416 e. The minimum absolute atomic E-state index is 0.0547. The lowest BCUT2D eigenvalue weighted by Gasteiger charge is -2.32. The van der Waals surface area contributed by atoms with E-state index >= 15 is 0 Å². The Morgan fingerprint density at radius 1 is 0.891 bits per heavy atom. The number of amides is 3. The predicted octanol–water partition coefficient (Wildman–Crippen LogP) is 2.31. The monoisotopic (exact) mass is 647 g/mol. The van der Waals surface area contributed by atoms with Crippen LogP contribution in [0, 0.1) is 5.92 Å². The summed E-state index contributed by atoms with van der Waals surface area (Å²) in [6, 6.07) is 9.55. The molecule has 10 nitrogen and oxygen atoms in total. The van der Waals surface area contributed by atoms with Crippen molar-refractivity contribution in [2.24, 2.45) is 5.92 Å². The lowest BCUT2D eigenvalue weighted by Crippen LogP contribution is -2.60. The van der Waals surface area contributed by atoms with E-state index in [0.29, 0.717) is 57.0 Å². The number of hydrogen-bond acceptors (Lipinski definition) is 7. The third-order valence-corrected chi connectivity index (χ3v) is 8.08. The highest BCUT2D eigenvalue weighted by molar-refractivity contribution is 5.93. The molecule has 1 fully saturated rings. The first-order valence-electron chi connectivity index (χ1n) is 15.8. The third-order valence-electron chi connectivity index (χ3n) is 8.08. The summed E-state index contributed by atoms with van der Waals surface area (Å²) in [6.45, 7) is 6.90. The highest BCUT2D eigenvalue weighted by atomic mass is 19.4. The van der Waals surface area contributed by atoms with Crippen LogP contribution in [0.5, 0.6) is 5.75 Å². The van der Waals surface area contributed by atoms with Gasteiger partial charge in [-0.2, -0.15) is 13.2 Å². The van der Waals surface area contributed by atoms with Crippen LogP contribution < -0.4 is 26.0 Å². The number of nitrogens with zero attached hydrogens (tertiary/aromatic N) is 1. The largest absolute Gasteiger partial charge is 0.492 e. The van der Waals surface area contributed by atoms with Gasteiger partial charge < -0.3 is 30.7 Å². The number of hydrogen-bond donors (Lipinski definition) is 4. The van der Waals surface area contributed by atoms with E-state index in [0.717, 1.165) is 17.7 Å². The van der Waals surface area contributed by atoms with Crippen molar-refractivity contribution in [3.8, 4) is 5.75 Å². The molecule has 0 aromatic heterocycles. The minimum atomic E-state index is -4.53. The Labute approximate surface area is 267 Å². The number of rotatable bonds is 5. The fourth-order valence-corrected chi connectivity index (χ4v) is 5.51. The van der Waals surface area contributed by atoms with Gasteiger partial charge in [0.2, 0.25) is 17.7 Å². The summed E-state index contributed by atoms with van der Waals surface area (Å²) >= 11 is 0. The Balaban J connectivity index is 1.59. The first-order valence-corrected chi connectivity index (χ1v) is 15.8. The number of carbonyl (C=O) groups excluding carboxylic acids is 3. The van der Waals surface area contributed by atoms with Gasteiger partial charge in [0, 0.05) is 32.7 Å². The Kier molecular flexibility index (Phi) is 12.8. The highest BCUT2D eigenvalue weighted by Crippen LogP contribution is 2.29. The van der Waals surface area contributed by atoms with E-state index in [2.05, 4.69) is 21.3 Å². The van der Waals surface area contributed by atoms with Crippen molar-refractivity contribution in [3.05, 3.63) is 65.2 Å². The molecule has 2 aliphatic rings. The van der Waals surface area contributed by atoms with Crippen LogP contribution in [0.4, 0.5) is 13.2 Å². The normalized spacial score (nSPS) is 23.3. The maximum Gasteiger partial charge on any atom is 0.416 e. The van der Waals surface area contributed by atoms with E-state index < -0.39 is 41.7 Å². The van der Waals surface area contributed by atoms with E-state index in [9.17, 15) is 27.6 Å². The number of halogens is 3.